The van der Waals surface area contributed by atoms with Gasteiger partial charge in [0.25, 0.3) is 0 Å². The van der Waals surface area contributed by atoms with Gasteiger partial charge in [0.2, 0.25) is 5.91 Å². The molecule has 122 valence electrons. The minimum atomic E-state index is -3.05. The first-order chi connectivity index (χ1) is 10.3. The number of carbonyl (C=O) groups excluding carboxylic acids is 1. The Morgan fingerprint density at radius 2 is 2.14 bits per heavy atom. The highest BCUT2D eigenvalue weighted by Gasteiger charge is 2.29. The summed E-state index contributed by atoms with van der Waals surface area (Å²) in [5.74, 6) is -0.412. The molecule has 1 saturated carbocycles. The molecule has 0 saturated heterocycles. The zero-order chi connectivity index (χ0) is 16.2. The standard InChI is InChI=1S/C16H22FNO3S/c1-22(20,21)15-7-3-6-14(11-15)18-16(19)9-8-12-4-2-5-13(17)10-12/h2,4-5,10,14-15H,3,6-9,11H2,1H3,(H,18,19)/t14-,15-/m0/s1. The van der Waals surface area contributed by atoms with E-state index in [0.29, 0.717) is 19.3 Å². The molecule has 4 nitrogen and oxygen atoms in total. The van der Waals surface area contributed by atoms with Crippen molar-refractivity contribution in [1.82, 2.24) is 5.32 Å². The summed E-state index contributed by atoms with van der Waals surface area (Å²) >= 11 is 0. The van der Waals surface area contributed by atoms with E-state index in [0.717, 1.165) is 18.4 Å². The Bertz CT molecular complexity index is 630. The van der Waals surface area contributed by atoms with Crippen LogP contribution in [0.1, 0.15) is 37.7 Å². The van der Waals surface area contributed by atoms with Crippen LogP contribution in [0.15, 0.2) is 24.3 Å². The minimum absolute atomic E-state index is 0.0755. The number of hydrogen-bond acceptors (Lipinski definition) is 3. The monoisotopic (exact) mass is 327 g/mol. The van der Waals surface area contributed by atoms with E-state index < -0.39 is 9.84 Å². The number of hydrogen-bond donors (Lipinski definition) is 1. The van der Waals surface area contributed by atoms with Crippen molar-refractivity contribution >= 4 is 15.7 Å². The lowest BCUT2D eigenvalue weighted by Crippen LogP contribution is -2.41. The fourth-order valence-electron chi connectivity index (χ4n) is 2.92. The van der Waals surface area contributed by atoms with Crippen LogP contribution >= 0.6 is 0 Å². The molecule has 1 aromatic carbocycles. The Labute approximate surface area is 131 Å². The van der Waals surface area contributed by atoms with Gasteiger partial charge in [0.15, 0.2) is 0 Å². The van der Waals surface area contributed by atoms with Crippen molar-refractivity contribution in [3.8, 4) is 0 Å². The van der Waals surface area contributed by atoms with Crippen LogP contribution in [0.2, 0.25) is 0 Å². The fraction of sp³-hybridized carbons (Fsp3) is 0.562. The van der Waals surface area contributed by atoms with E-state index in [2.05, 4.69) is 5.32 Å². The summed E-state index contributed by atoms with van der Waals surface area (Å²) in [5, 5.41) is 2.56. The molecule has 1 N–H and O–H groups in total. The predicted octanol–water partition coefficient (Wildman–Crippen LogP) is 2.23. The molecule has 0 aromatic heterocycles. The number of aryl methyl sites for hydroxylation is 1. The normalized spacial score (nSPS) is 22.3. The third-order valence-electron chi connectivity index (χ3n) is 4.13. The lowest BCUT2D eigenvalue weighted by molar-refractivity contribution is -0.121. The maximum Gasteiger partial charge on any atom is 0.220 e. The molecule has 1 amide bonds. The average Bonchev–Trinajstić information content (AvgIpc) is 2.45. The van der Waals surface area contributed by atoms with Gasteiger partial charge in [0.05, 0.1) is 5.25 Å². The lowest BCUT2D eigenvalue weighted by atomic mass is 9.94. The van der Waals surface area contributed by atoms with Crippen molar-refractivity contribution in [2.45, 2.75) is 49.8 Å². The number of halogens is 1. The van der Waals surface area contributed by atoms with E-state index in [1.807, 2.05) is 0 Å². The third-order valence-corrected chi connectivity index (χ3v) is 5.77. The molecular formula is C16H22FNO3S. The number of amides is 1. The third kappa shape index (κ3) is 5.09. The zero-order valence-corrected chi connectivity index (χ0v) is 13.5. The Morgan fingerprint density at radius 1 is 1.36 bits per heavy atom. The van der Waals surface area contributed by atoms with Crippen LogP contribution in [0, 0.1) is 5.82 Å². The average molecular weight is 327 g/mol. The number of benzene rings is 1. The van der Waals surface area contributed by atoms with Gasteiger partial charge in [-0.3, -0.25) is 4.79 Å². The van der Waals surface area contributed by atoms with Gasteiger partial charge in [-0.25, -0.2) is 12.8 Å². The first kappa shape index (κ1) is 16.9. The SMILES string of the molecule is CS(=O)(=O)[C@H]1CCC[C@H](NC(=O)CCc2cccc(F)c2)C1. The first-order valence-electron chi connectivity index (χ1n) is 7.57. The molecule has 1 aromatic rings. The fourth-order valence-corrected chi connectivity index (χ4v) is 4.09. The Kier molecular flexibility index (Phi) is 5.56. The smallest absolute Gasteiger partial charge is 0.220 e. The zero-order valence-electron chi connectivity index (χ0n) is 12.7. The summed E-state index contributed by atoms with van der Waals surface area (Å²) in [6.45, 7) is 0. The second-order valence-electron chi connectivity index (χ2n) is 6.01. The maximum absolute atomic E-state index is 13.1. The summed E-state index contributed by atoms with van der Waals surface area (Å²) in [7, 11) is -3.05. The van der Waals surface area contributed by atoms with Crippen LogP contribution in [0.5, 0.6) is 0 Å². The Hall–Kier alpha value is -1.43. The van der Waals surface area contributed by atoms with Crippen molar-refractivity contribution in [1.29, 1.82) is 0 Å². The van der Waals surface area contributed by atoms with Crippen LogP contribution < -0.4 is 5.32 Å². The molecule has 0 unspecified atom stereocenters. The van der Waals surface area contributed by atoms with E-state index >= 15 is 0 Å². The van der Waals surface area contributed by atoms with E-state index in [1.165, 1.54) is 18.4 Å². The van der Waals surface area contributed by atoms with Crippen molar-refractivity contribution < 1.29 is 17.6 Å². The van der Waals surface area contributed by atoms with Crippen molar-refractivity contribution in [2.75, 3.05) is 6.26 Å². The highest BCUT2D eigenvalue weighted by Crippen LogP contribution is 2.24. The summed E-state index contributed by atoms with van der Waals surface area (Å²) in [6, 6.07) is 6.13. The molecule has 1 aliphatic rings. The first-order valence-corrected chi connectivity index (χ1v) is 9.53. The van der Waals surface area contributed by atoms with Gasteiger partial charge in [-0.1, -0.05) is 18.6 Å². The number of carbonyl (C=O) groups is 1. The van der Waals surface area contributed by atoms with Crippen LogP contribution in [0.25, 0.3) is 0 Å². The molecule has 6 heteroatoms. The molecule has 2 rings (SSSR count). The number of sulfone groups is 1. The van der Waals surface area contributed by atoms with Gasteiger partial charge in [-0.2, -0.15) is 0 Å². The summed E-state index contributed by atoms with van der Waals surface area (Å²) in [6.07, 6.45) is 4.81. The van der Waals surface area contributed by atoms with E-state index in [1.54, 1.807) is 12.1 Å². The van der Waals surface area contributed by atoms with Gasteiger partial charge < -0.3 is 5.32 Å². The van der Waals surface area contributed by atoms with Crippen molar-refractivity contribution in [3.63, 3.8) is 0 Å². The quantitative estimate of drug-likeness (QED) is 0.902. The summed E-state index contributed by atoms with van der Waals surface area (Å²) in [5.41, 5.74) is 0.785. The van der Waals surface area contributed by atoms with E-state index in [4.69, 9.17) is 0 Å². The Balaban J connectivity index is 1.82. The van der Waals surface area contributed by atoms with Crippen molar-refractivity contribution in [3.05, 3.63) is 35.6 Å². The Morgan fingerprint density at radius 3 is 2.82 bits per heavy atom. The molecular weight excluding hydrogens is 305 g/mol. The van der Waals surface area contributed by atoms with Gasteiger partial charge in [-0.05, 0) is 43.4 Å². The molecule has 0 radical (unpaired) electrons. The maximum atomic E-state index is 13.1. The van der Waals surface area contributed by atoms with Crippen LogP contribution in [-0.2, 0) is 21.1 Å². The largest absolute Gasteiger partial charge is 0.353 e. The molecule has 1 aliphatic carbocycles. The van der Waals surface area contributed by atoms with Crippen LogP contribution in [-0.4, -0.2) is 31.9 Å². The van der Waals surface area contributed by atoms with Crippen LogP contribution in [0.3, 0.4) is 0 Å². The molecule has 22 heavy (non-hydrogen) atoms. The predicted molar refractivity (Wildman–Crippen MR) is 83.8 cm³/mol. The number of nitrogens with one attached hydrogen (secondary N) is 1. The van der Waals surface area contributed by atoms with Gasteiger partial charge >= 0.3 is 0 Å². The van der Waals surface area contributed by atoms with Gasteiger partial charge in [-0.15, -0.1) is 0 Å². The second-order valence-corrected chi connectivity index (χ2v) is 8.34. The van der Waals surface area contributed by atoms with E-state index in [-0.39, 0.29) is 29.4 Å². The molecule has 0 spiro atoms. The molecule has 0 heterocycles. The molecule has 1 fully saturated rings. The van der Waals surface area contributed by atoms with Crippen molar-refractivity contribution in [2.24, 2.45) is 0 Å². The molecule has 0 bridgehead atoms. The topological polar surface area (TPSA) is 63.2 Å². The minimum Gasteiger partial charge on any atom is -0.353 e. The summed E-state index contributed by atoms with van der Waals surface area (Å²) in [4.78, 5) is 12.0. The summed E-state index contributed by atoms with van der Waals surface area (Å²) < 4.78 is 36.3. The molecule has 2 atom stereocenters. The second kappa shape index (κ2) is 7.22. The van der Waals surface area contributed by atoms with E-state index in [9.17, 15) is 17.6 Å². The highest BCUT2D eigenvalue weighted by atomic mass is 32.2. The van der Waals surface area contributed by atoms with Gasteiger partial charge in [0.1, 0.15) is 15.7 Å². The lowest BCUT2D eigenvalue weighted by Gasteiger charge is -2.28. The van der Waals surface area contributed by atoms with Crippen LogP contribution in [0.4, 0.5) is 4.39 Å². The molecule has 0 aliphatic heterocycles. The van der Waals surface area contributed by atoms with Gasteiger partial charge in [0, 0.05) is 18.7 Å². The highest BCUT2D eigenvalue weighted by molar-refractivity contribution is 7.91. The number of rotatable bonds is 5.